The Kier molecular flexibility index (Phi) is 5.74. The molecule has 0 aliphatic rings. The van der Waals surface area contributed by atoms with Crippen molar-refractivity contribution < 1.29 is 4.79 Å². The lowest BCUT2D eigenvalue weighted by molar-refractivity contribution is 0.244. The van der Waals surface area contributed by atoms with Crippen LogP contribution in [0.3, 0.4) is 0 Å². The van der Waals surface area contributed by atoms with Gasteiger partial charge in [0.05, 0.1) is 17.7 Å². The van der Waals surface area contributed by atoms with Crippen LogP contribution in [0.5, 0.6) is 0 Å². The lowest BCUT2D eigenvalue weighted by Crippen LogP contribution is -2.36. The highest BCUT2D eigenvalue weighted by molar-refractivity contribution is 7.10. The van der Waals surface area contributed by atoms with Crippen molar-refractivity contribution in [1.82, 2.24) is 10.2 Å². The van der Waals surface area contributed by atoms with Crippen LogP contribution in [0.25, 0.3) is 0 Å². The van der Waals surface area contributed by atoms with Crippen LogP contribution in [-0.2, 0) is 0 Å². The number of nitrogens with zero attached hydrogens (tertiary/aromatic N) is 2. The minimum absolute atomic E-state index is 0.132. The van der Waals surface area contributed by atoms with Crippen molar-refractivity contribution >= 4 is 23.1 Å². The molecular weight excluding hydrogens is 308 g/mol. The van der Waals surface area contributed by atoms with E-state index in [9.17, 15) is 4.79 Å². The van der Waals surface area contributed by atoms with Gasteiger partial charge >= 0.3 is 6.03 Å². The number of thiophene rings is 1. The van der Waals surface area contributed by atoms with Crippen molar-refractivity contribution in [3.8, 4) is 6.07 Å². The zero-order valence-corrected chi connectivity index (χ0v) is 14.3. The van der Waals surface area contributed by atoms with Gasteiger partial charge < -0.3 is 15.5 Å². The van der Waals surface area contributed by atoms with Crippen molar-refractivity contribution in [2.45, 2.75) is 13.0 Å². The van der Waals surface area contributed by atoms with Gasteiger partial charge in [-0.2, -0.15) is 5.26 Å². The van der Waals surface area contributed by atoms with Gasteiger partial charge in [0.1, 0.15) is 0 Å². The Hall–Kier alpha value is -2.36. The van der Waals surface area contributed by atoms with E-state index in [1.54, 1.807) is 23.5 Å². The minimum Gasteiger partial charge on any atom is -0.336 e. The predicted molar refractivity (Wildman–Crippen MR) is 93.7 cm³/mol. The van der Waals surface area contributed by atoms with Gasteiger partial charge in [0.15, 0.2) is 0 Å². The molecule has 1 aromatic heterocycles. The van der Waals surface area contributed by atoms with Crippen LogP contribution in [-0.4, -0.2) is 31.6 Å². The van der Waals surface area contributed by atoms with E-state index < -0.39 is 0 Å². The Morgan fingerprint density at radius 2 is 2.17 bits per heavy atom. The molecule has 0 aliphatic carbocycles. The van der Waals surface area contributed by atoms with Gasteiger partial charge in [-0.1, -0.05) is 12.1 Å². The third-order valence-electron chi connectivity index (χ3n) is 3.57. The number of hydrogen-bond acceptors (Lipinski definition) is 4. The number of benzene rings is 1. The quantitative estimate of drug-likeness (QED) is 0.884. The van der Waals surface area contributed by atoms with Gasteiger partial charge in [-0.3, -0.25) is 0 Å². The van der Waals surface area contributed by atoms with Crippen molar-refractivity contribution in [3.63, 3.8) is 0 Å². The molecule has 0 radical (unpaired) electrons. The Bertz CT molecular complexity index is 704. The van der Waals surface area contributed by atoms with Crippen LogP contribution in [0.15, 0.2) is 35.7 Å². The second kappa shape index (κ2) is 7.77. The predicted octanol–water partition coefficient (Wildman–Crippen LogP) is 3.35. The monoisotopic (exact) mass is 328 g/mol. The second-order valence-corrected chi connectivity index (χ2v) is 6.45. The molecule has 5 nitrogen and oxygen atoms in total. The molecule has 2 aromatic rings. The number of likely N-dealkylation sites (N-methyl/N-ethyl adjacent to an activating group) is 1. The van der Waals surface area contributed by atoms with Gasteiger partial charge in [-0.25, -0.2) is 4.79 Å². The zero-order chi connectivity index (χ0) is 16.8. The summed E-state index contributed by atoms with van der Waals surface area (Å²) in [6.45, 7) is 2.40. The van der Waals surface area contributed by atoms with Crippen LogP contribution in [0, 0.1) is 18.3 Å². The van der Waals surface area contributed by atoms with Crippen molar-refractivity contribution in [3.05, 3.63) is 51.7 Å². The number of nitrogens with one attached hydrogen (secondary N) is 2. The summed E-state index contributed by atoms with van der Waals surface area (Å²) in [7, 11) is 3.98. The number of carbonyl (C=O) groups excluding carboxylic acids is 1. The average molecular weight is 328 g/mol. The fourth-order valence-electron chi connectivity index (χ4n) is 2.20. The first kappa shape index (κ1) is 17.0. The van der Waals surface area contributed by atoms with Gasteiger partial charge in [0.25, 0.3) is 0 Å². The summed E-state index contributed by atoms with van der Waals surface area (Å²) < 4.78 is 0. The number of anilines is 1. The summed E-state index contributed by atoms with van der Waals surface area (Å²) in [5.41, 5.74) is 2.09. The Morgan fingerprint density at radius 1 is 1.39 bits per heavy atom. The normalized spacial score (nSPS) is 11.8. The van der Waals surface area contributed by atoms with Crippen LogP contribution >= 0.6 is 11.3 Å². The number of hydrogen-bond donors (Lipinski definition) is 2. The number of amides is 2. The molecule has 0 fully saturated rings. The van der Waals surface area contributed by atoms with Gasteiger partial charge in [-0.15, -0.1) is 11.3 Å². The molecule has 1 heterocycles. The Morgan fingerprint density at radius 3 is 2.78 bits per heavy atom. The maximum Gasteiger partial charge on any atom is 0.319 e. The van der Waals surface area contributed by atoms with Crippen LogP contribution in [0.2, 0.25) is 0 Å². The SMILES string of the molecule is Cc1ccc(C#N)cc1NC(=O)NC[C@@H](c1cccs1)N(C)C. The van der Waals surface area contributed by atoms with E-state index in [1.165, 1.54) is 4.88 Å². The number of urea groups is 1. The van der Waals surface area contributed by atoms with Crippen molar-refractivity contribution in [2.75, 3.05) is 26.0 Å². The second-order valence-electron chi connectivity index (χ2n) is 5.47. The van der Waals surface area contributed by atoms with E-state index in [1.807, 2.05) is 38.5 Å². The lowest BCUT2D eigenvalue weighted by Gasteiger charge is -2.23. The molecule has 0 unspecified atom stereocenters. The van der Waals surface area contributed by atoms with E-state index in [0.717, 1.165) is 5.56 Å². The van der Waals surface area contributed by atoms with Gasteiger partial charge in [0.2, 0.25) is 0 Å². The van der Waals surface area contributed by atoms with Gasteiger partial charge in [-0.05, 0) is 50.2 Å². The summed E-state index contributed by atoms with van der Waals surface area (Å²) in [6, 6.07) is 11.2. The highest BCUT2D eigenvalue weighted by Crippen LogP contribution is 2.22. The Labute approximate surface area is 140 Å². The highest BCUT2D eigenvalue weighted by Gasteiger charge is 2.16. The third kappa shape index (κ3) is 4.55. The average Bonchev–Trinajstić information content (AvgIpc) is 3.03. The standard InChI is InChI=1S/C17H20N4OS/c1-12-6-7-13(10-18)9-14(12)20-17(22)19-11-15(21(2)3)16-5-4-8-23-16/h4-9,15H,11H2,1-3H3,(H2,19,20,22)/t15-/m0/s1. The summed E-state index contributed by atoms with van der Waals surface area (Å²) in [5, 5.41) is 16.7. The molecule has 23 heavy (non-hydrogen) atoms. The third-order valence-corrected chi connectivity index (χ3v) is 4.54. The smallest absolute Gasteiger partial charge is 0.319 e. The molecule has 2 rings (SSSR count). The fourth-order valence-corrected chi connectivity index (χ4v) is 3.12. The molecule has 2 amide bonds. The summed E-state index contributed by atoms with van der Waals surface area (Å²) in [5.74, 6) is 0. The first-order chi connectivity index (χ1) is 11.0. The van der Waals surface area contributed by atoms with E-state index in [-0.39, 0.29) is 12.1 Å². The number of carbonyl (C=O) groups is 1. The molecule has 0 bridgehead atoms. The fraction of sp³-hybridized carbons (Fsp3) is 0.294. The first-order valence-corrected chi connectivity index (χ1v) is 8.14. The van der Waals surface area contributed by atoms with Gasteiger partial charge in [0, 0.05) is 17.1 Å². The summed E-state index contributed by atoms with van der Waals surface area (Å²) in [6.07, 6.45) is 0. The van der Waals surface area contributed by atoms with Crippen LogP contribution in [0.1, 0.15) is 22.0 Å². The molecule has 1 aromatic carbocycles. The lowest BCUT2D eigenvalue weighted by atomic mass is 10.1. The van der Waals surface area contributed by atoms with E-state index in [2.05, 4.69) is 27.7 Å². The maximum atomic E-state index is 12.1. The molecule has 120 valence electrons. The molecule has 1 atom stereocenters. The van der Waals surface area contributed by atoms with Crippen LogP contribution < -0.4 is 10.6 Å². The Balaban J connectivity index is 1.98. The van der Waals surface area contributed by atoms with Crippen molar-refractivity contribution in [1.29, 1.82) is 5.26 Å². The molecule has 2 N–H and O–H groups in total. The van der Waals surface area contributed by atoms with Crippen molar-refractivity contribution in [2.24, 2.45) is 0 Å². The van der Waals surface area contributed by atoms with E-state index in [0.29, 0.717) is 17.8 Å². The molecule has 0 aliphatic heterocycles. The molecule has 0 saturated heterocycles. The molecule has 0 spiro atoms. The largest absolute Gasteiger partial charge is 0.336 e. The van der Waals surface area contributed by atoms with E-state index in [4.69, 9.17) is 5.26 Å². The minimum atomic E-state index is -0.272. The summed E-state index contributed by atoms with van der Waals surface area (Å²) in [4.78, 5) is 15.4. The molecule has 6 heteroatoms. The summed E-state index contributed by atoms with van der Waals surface area (Å²) >= 11 is 1.67. The molecule has 0 saturated carbocycles. The number of rotatable bonds is 5. The number of nitriles is 1. The van der Waals surface area contributed by atoms with E-state index >= 15 is 0 Å². The highest BCUT2D eigenvalue weighted by atomic mass is 32.1. The molecular formula is C17H20N4OS. The van der Waals surface area contributed by atoms with Crippen LogP contribution in [0.4, 0.5) is 10.5 Å². The maximum absolute atomic E-state index is 12.1. The topological polar surface area (TPSA) is 68.2 Å². The zero-order valence-electron chi connectivity index (χ0n) is 13.5. The number of aryl methyl sites for hydroxylation is 1. The first-order valence-electron chi connectivity index (χ1n) is 7.26.